The van der Waals surface area contributed by atoms with Crippen molar-refractivity contribution in [1.29, 1.82) is 0 Å². The Morgan fingerprint density at radius 2 is 1.94 bits per heavy atom. The predicted octanol–water partition coefficient (Wildman–Crippen LogP) is 4.78. The molecular weight excluding hydrogens is 452 g/mol. The average Bonchev–Trinajstić information content (AvgIpc) is 3.69. The molecule has 2 fully saturated rings. The third kappa shape index (κ3) is 4.00. The molecule has 0 aliphatic heterocycles. The van der Waals surface area contributed by atoms with Gasteiger partial charge in [-0.25, -0.2) is 14.8 Å². The fraction of sp³-hybridized carbons (Fsp3) is 0.448. The van der Waals surface area contributed by atoms with Gasteiger partial charge in [-0.1, -0.05) is 31.4 Å². The van der Waals surface area contributed by atoms with Crippen LogP contribution in [0.15, 0.2) is 54.4 Å². The van der Waals surface area contributed by atoms with Crippen LogP contribution in [0.25, 0.3) is 16.9 Å². The quantitative estimate of drug-likeness (QED) is 0.463. The Morgan fingerprint density at radius 3 is 2.64 bits per heavy atom. The van der Waals surface area contributed by atoms with E-state index in [2.05, 4.69) is 39.1 Å². The van der Waals surface area contributed by atoms with Gasteiger partial charge in [0, 0.05) is 36.0 Å². The van der Waals surface area contributed by atoms with Crippen LogP contribution in [0, 0.1) is 5.41 Å². The van der Waals surface area contributed by atoms with E-state index in [0.717, 1.165) is 72.5 Å². The summed E-state index contributed by atoms with van der Waals surface area (Å²) in [4.78, 5) is 34.9. The van der Waals surface area contributed by atoms with Crippen LogP contribution in [0.4, 0.5) is 0 Å². The van der Waals surface area contributed by atoms with Crippen LogP contribution >= 0.6 is 0 Å². The zero-order chi connectivity index (χ0) is 24.7. The molecule has 6 rings (SSSR count). The second kappa shape index (κ2) is 9.19. The van der Waals surface area contributed by atoms with Gasteiger partial charge in [-0.05, 0) is 62.4 Å². The summed E-state index contributed by atoms with van der Waals surface area (Å²) in [5, 5.41) is 3.42. The Kier molecular flexibility index (Phi) is 5.86. The van der Waals surface area contributed by atoms with Gasteiger partial charge in [-0.2, -0.15) is 0 Å². The van der Waals surface area contributed by atoms with Crippen molar-refractivity contribution >= 4 is 22.9 Å². The highest BCUT2D eigenvalue weighted by Gasteiger charge is 2.49. The molecule has 3 aromatic rings. The molecule has 0 bridgehead atoms. The van der Waals surface area contributed by atoms with Gasteiger partial charge in [0.25, 0.3) is 0 Å². The third-order valence-electron chi connectivity index (χ3n) is 7.89. The zero-order valence-electron chi connectivity index (χ0n) is 20.7. The molecule has 186 valence electrons. The Balaban J connectivity index is 1.25. The number of hydrogen-bond donors (Lipinski definition) is 1. The molecule has 0 unspecified atom stereocenters. The Labute approximate surface area is 211 Å². The second-order valence-electron chi connectivity index (χ2n) is 10.3. The number of nitrogens with zero attached hydrogens (tertiary/aromatic N) is 3. The smallest absolute Gasteiger partial charge is 0.328 e. The maximum absolute atomic E-state index is 12.9. The number of allylic oxidation sites excluding steroid dienone is 2. The SMILES string of the molecule is CCOC(=O)[C@H](Cc1ccc(-n2c(C3CC3)nc3cccnc32)cc1)NC1=CC(=O)C12CCCCC2. The van der Waals surface area contributed by atoms with Gasteiger partial charge in [0.2, 0.25) is 0 Å². The van der Waals surface area contributed by atoms with Gasteiger partial charge >= 0.3 is 5.97 Å². The Hall–Kier alpha value is -3.48. The molecular formula is C29H32N4O3. The molecule has 36 heavy (non-hydrogen) atoms. The normalized spacial score (nSPS) is 19.6. The molecule has 7 heteroatoms. The number of pyridine rings is 1. The second-order valence-corrected chi connectivity index (χ2v) is 10.3. The van der Waals surface area contributed by atoms with Crippen molar-refractivity contribution in [3.63, 3.8) is 0 Å². The van der Waals surface area contributed by atoms with Crippen molar-refractivity contribution < 1.29 is 14.3 Å². The molecule has 2 heterocycles. The topological polar surface area (TPSA) is 86.1 Å². The van der Waals surface area contributed by atoms with E-state index in [1.54, 1.807) is 12.3 Å². The molecule has 0 amide bonds. The first-order valence-corrected chi connectivity index (χ1v) is 13.2. The van der Waals surface area contributed by atoms with Gasteiger partial charge in [0.1, 0.15) is 17.4 Å². The Bertz CT molecular complexity index is 1330. The highest BCUT2D eigenvalue weighted by molar-refractivity contribution is 6.05. The molecule has 2 saturated carbocycles. The number of ether oxygens (including phenoxy) is 1. The monoisotopic (exact) mass is 484 g/mol. The third-order valence-corrected chi connectivity index (χ3v) is 7.89. The average molecular weight is 485 g/mol. The summed E-state index contributed by atoms with van der Waals surface area (Å²) in [5.74, 6) is 1.47. The highest BCUT2D eigenvalue weighted by Crippen LogP contribution is 2.48. The van der Waals surface area contributed by atoms with E-state index in [-0.39, 0.29) is 11.8 Å². The number of fused-ring (bicyclic) bond motifs is 1. The Morgan fingerprint density at radius 1 is 1.17 bits per heavy atom. The van der Waals surface area contributed by atoms with E-state index >= 15 is 0 Å². The molecule has 0 radical (unpaired) electrons. The number of benzene rings is 1. The first-order valence-electron chi connectivity index (χ1n) is 13.2. The van der Waals surface area contributed by atoms with Crippen LogP contribution in [-0.2, 0) is 20.7 Å². The van der Waals surface area contributed by atoms with Gasteiger partial charge in [-0.15, -0.1) is 0 Å². The number of imidazole rings is 1. The number of aromatic nitrogens is 3. The van der Waals surface area contributed by atoms with Gasteiger partial charge in [-0.3, -0.25) is 9.36 Å². The van der Waals surface area contributed by atoms with Gasteiger partial charge in [0.05, 0.1) is 12.0 Å². The summed E-state index contributed by atoms with van der Waals surface area (Å²) >= 11 is 0. The molecule has 7 nitrogen and oxygen atoms in total. The summed E-state index contributed by atoms with van der Waals surface area (Å²) in [6, 6.07) is 11.7. The number of rotatable bonds is 8. The lowest BCUT2D eigenvalue weighted by Crippen LogP contribution is -2.52. The van der Waals surface area contributed by atoms with Crippen LogP contribution in [0.3, 0.4) is 0 Å². The van der Waals surface area contributed by atoms with Crippen molar-refractivity contribution in [3.8, 4) is 5.69 Å². The molecule has 1 atom stereocenters. The summed E-state index contributed by atoms with van der Waals surface area (Å²) in [6.07, 6.45) is 11.3. The fourth-order valence-corrected chi connectivity index (χ4v) is 5.75. The minimum absolute atomic E-state index is 0.198. The van der Waals surface area contributed by atoms with Crippen molar-refractivity contribution in [2.24, 2.45) is 5.41 Å². The summed E-state index contributed by atoms with van der Waals surface area (Å²) in [5.41, 5.74) is 4.33. The standard InChI is InChI=1S/C29H32N4O3/c1-2-36-28(35)23(31-24-18-25(34)29(24)14-4-3-5-15-29)17-19-8-12-21(13-9-19)33-26(20-10-11-20)32-22-7-6-16-30-27(22)33/h6-9,12-13,16,18,20,23,31H,2-5,10-11,14-15,17H2,1H3/t23-/m0/s1. The largest absolute Gasteiger partial charge is 0.464 e. The van der Waals surface area contributed by atoms with Crippen LogP contribution in [0.1, 0.15) is 69.2 Å². The molecule has 1 N–H and O–H groups in total. The van der Waals surface area contributed by atoms with Gasteiger partial charge in [0.15, 0.2) is 11.4 Å². The van der Waals surface area contributed by atoms with E-state index < -0.39 is 11.5 Å². The van der Waals surface area contributed by atoms with Crippen molar-refractivity contribution in [2.45, 2.75) is 70.3 Å². The van der Waals surface area contributed by atoms with E-state index in [0.29, 0.717) is 18.9 Å². The minimum Gasteiger partial charge on any atom is -0.464 e. The maximum Gasteiger partial charge on any atom is 0.328 e. The van der Waals surface area contributed by atoms with Crippen molar-refractivity contribution in [3.05, 3.63) is 65.8 Å². The maximum atomic E-state index is 12.9. The zero-order valence-corrected chi connectivity index (χ0v) is 20.7. The lowest BCUT2D eigenvalue weighted by atomic mass is 9.62. The van der Waals surface area contributed by atoms with Crippen molar-refractivity contribution in [1.82, 2.24) is 19.9 Å². The lowest BCUT2D eigenvalue weighted by molar-refractivity contribution is -0.146. The molecule has 3 aliphatic rings. The van der Waals surface area contributed by atoms with E-state index in [1.165, 1.54) is 6.42 Å². The number of carbonyl (C=O) groups excluding carboxylic acids is 2. The number of carbonyl (C=O) groups is 2. The summed E-state index contributed by atoms with van der Waals surface area (Å²) in [6.45, 7) is 2.14. The van der Waals surface area contributed by atoms with E-state index in [1.807, 2.05) is 19.1 Å². The van der Waals surface area contributed by atoms with Crippen molar-refractivity contribution in [2.75, 3.05) is 6.61 Å². The van der Waals surface area contributed by atoms with Crippen LogP contribution in [-0.4, -0.2) is 38.9 Å². The number of nitrogens with one attached hydrogen (secondary N) is 1. The van der Waals surface area contributed by atoms with E-state index in [9.17, 15) is 9.59 Å². The van der Waals surface area contributed by atoms with Crippen LogP contribution in [0.2, 0.25) is 0 Å². The van der Waals surface area contributed by atoms with Crippen LogP contribution < -0.4 is 5.32 Å². The lowest BCUT2D eigenvalue weighted by Gasteiger charge is -2.44. The first kappa shape index (κ1) is 23.0. The highest BCUT2D eigenvalue weighted by atomic mass is 16.5. The van der Waals surface area contributed by atoms with E-state index in [4.69, 9.17) is 9.72 Å². The number of ketones is 1. The fourth-order valence-electron chi connectivity index (χ4n) is 5.75. The van der Waals surface area contributed by atoms with Gasteiger partial charge < -0.3 is 10.1 Å². The molecule has 1 spiro atoms. The molecule has 1 aromatic carbocycles. The van der Waals surface area contributed by atoms with Crippen LogP contribution in [0.5, 0.6) is 0 Å². The minimum atomic E-state index is -0.535. The molecule has 2 aromatic heterocycles. The number of esters is 1. The molecule has 0 saturated heterocycles. The summed E-state index contributed by atoms with van der Waals surface area (Å²) in [7, 11) is 0. The summed E-state index contributed by atoms with van der Waals surface area (Å²) < 4.78 is 7.56. The number of hydrogen-bond acceptors (Lipinski definition) is 6. The molecule has 3 aliphatic carbocycles. The predicted molar refractivity (Wildman–Crippen MR) is 137 cm³/mol. The first-order chi connectivity index (χ1) is 17.6.